The first-order valence-corrected chi connectivity index (χ1v) is 9.27. The molecule has 3 nitrogen and oxygen atoms in total. The molecule has 2 atom stereocenters. The van der Waals surface area contributed by atoms with Crippen molar-refractivity contribution in [1.29, 1.82) is 0 Å². The van der Waals surface area contributed by atoms with Gasteiger partial charge in [-0.25, -0.2) is 0 Å². The molecule has 1 fully saturated rings. The predicted octanol–water partition coefficient (Wildman–Crippen LogP) is 4.19. The van der Waals surface area contributed by atoms with Crippen molar-refractivity contribution in [3.63, 3.8) is 0 Å². The number of hydrogen-bond donors (Lipinski definition) is 1. The van der Waals surface area contributed by atoms with E-state index in [1.807, 2.05) is 18.2 Å². The number of carbonyl (C=O) groups excluding carboxylic acids is 1. The maximum Gasteiger partial charge on any atom is 0.393 e. The molecule has 2 aromatic carbocycles. The number of anilines is 1. The fourth-order valence-corrected chi connectivity index (χ4v) is 4.11. The first kappa shape index (κ1) is 18.6. The van der Waals surface area contributed by atoms with E-state index in [9.17, 15) is 23.1 Å². The maximum absolute atomic E-state index is 12.6. The van der Waals surface area contributed by atoms with Crippen molar-refractivity contribution in [1.82, 2.24) is 0 Å². The van der Waals surface area contributed by atoms with Gasteiger partial charge >= 0.3 is 6.18 Å². The Morgan fingerprint density at radius 1 is 1.14 bits per heavy atom. The first-order valence-electron chi connectivity index (χ1n) is 9.27. The van der Waals surface area contributed by atoms with Crippen LogP contribution >= 0.6 is 0 Å². The number of aliphatic carboxylic acids is 1. The van der Waals surface area contributed by atoms with Crippen molar-refractivity contribution in [3.05, 3.63) is 59.2 Å². The van der Waals surface area contributed by atoms with E-state index in [4.69, 9.17) is 0 Å². The van der Waals surface area contributed by atoms with Crippen LogP contribution in [0.5, 0.6) is 0 Å². The van der Waals surface area contributed by atoms with Gasteiger partial charge in [-0.1, -0.05) is 48.5 Å². The predicted molar refractivity (Wildman–Crippen MR) is 99.4 cm³/mol. The molecule has 4 rings (SSSR count). The molecule has 0 aromatic heterocycles. The van der Waals surface area contributed by atoms with Crippen LogP contribution in [0.25, 0.3) is 17.2 Å². The summed E-state index contributed by atoms with van der Waals surface area (Å²) >= 11 is 0. The fraction of sp³-hybridized carbons (Fsp3) is 0.318. The third kappa shape index (κ3) is 3.77. The van der Waals surface area contributed by atoms with Crippen molar-refractivity contribution >= 4 is 17.7 Å². The number of halogens is 3. The van der Waals surface area contributed by atoms with E-state index in [0.717, 1.165) is 22.4 Å². The van der Waals surface area contributed by atoms with Crippen molar-refractivity contribution < 1.29 is 23.1 Å². The molecule has 2 unspecified atom stereocenters. The molecule has 6 heteroatoms. The molecule has 1 N–H and O–H groups in total. The second-order valence-electron chi connectivity index (χ2n) is 7.47. The lowest BCUT2D eigenvalue weighted by atomic mass is 9.79. The molecule has 1 saturated carbocycles. The number of rotatable bonds is 3. The van der Waals surface area contributed by atoms with E-state index in [2.05, 4.69) is 11.4 Å². The number of carboxylic acid groups (broad SMARTS) is 1. The summed E-state index contributed by atoms with van der Waals surface area (Å²) in [6, 6.07) is 12.2. The van der Waals surface area contributed by atoms with E-state index in [1.165, 1.54) is 17.7 Å². The van der Waals surface area contributed by atoms with Crippen LogP contribution in [0.1, 0.15) is 30.4 Å². The molecule has 0 amide bonds. The van der Waals surface area contributed by atoms with Crippen molar-refractivity contribution in [2.75, 3.05) is 5.32 Å². The Morgan fingerprint density at radius 3 is 2.57 bits per heavy atom. The molecule has 2 aromatic rings. The summed E-state index contributed by atoms with van der Waals surface area (Å²) in [5.41, 5.74) is 5.01. The molecule has 146 valence electrons. The van der Waals surface area contributed by atoms with Gasteiger partial charge in [0.2, 0.25) is 0 Å². The van der Waals surface area contributed by atoms with Crippen LogP contribution in [-0.2, 0) is 11.2 Å². The van der Waals surface area contributed by atoms with Crippen LogP contribution in [0.2, 0.25) is 0 Å². The van der Waals surface area contributed by atoms with Crippen LogP contribution in [0.15, 0.2) is 48.0 Å². The standard InChI is InChI=1S/C22H20F3NO2/c23-22(24,25)12-13-4-6-14(7-5-13)18-3-1-2-16-10-15-8-9-17(21(27)28)11-19(15)26-20(16)18/h1-7,10,17,19,26H,8-9,11-12H2,(H,27,28)/p-1. The topological polar surface area (TPSA) is 52.2 Å². The van der Waals surface area contributed by atoms with Crippen LogP contribution in [-0.4, -0.2) is 18.2 Å². The quantitative estimate of drug-likeness (QED) is 0.861. The number of para-hydroxylation sites is 1. The zero-order chi connectivity index (χ0) is 19.9. The number of carbonyl (C=O) groups is 1. The largest absolute Gasteiger partial charge is 0.550 e. The average molecular weight is 386 g/mol. The maximum atomic E-state index is 12.6. The van der Waals surface area contributed by atoms with E-state index in [0.29, 0.717) is 19.3 Å². The lowest BCUT2D eigenvalue weighted by molar-refractivity contribution is -0.312. The van der Waals surface area contributed by atoms with Gasteiger partial charge in [0, 0.05) is 29.2 Å². The minimum atomic E-state index is -4.23. The van der Waals surface area contributed by atoms with Gasteiger partial charge in [0.1, 0.15) is 0 Å². The zero-order valence-corrected chi connectivity index (χ0v) is 15.1. The molecule has 28 heavy (non-hydrogen) atoms. The molecule has 1 heterocycles. The lowest BCUT2D eigenvalue weighted by Gasteiger charge is -2.37. The van der Waals surface area contributed by atoms with Gasteiger partial charge in [-0.3, -0.25) is 0 Å². The fourth-order valence-electron chi connectivity index (χ4n) is 4.11. The lowest BCUT2D eigenvalue weighted by Crippen LogP contribution is -2.40. The third-order valence-electron chi connectivity index (χ3n) is 5.51. The molecule has 0 radical (unpaired) electrons. The molecule has 2 aliphatic rings. The van der Waals surface area contributed by atoms with Gasteiger partial charge in [0.15, 0.2) is 0 Å². The number of carboxylic acids is 1. The zero-order valence-electron chi connectivity index (χ0n) is 15.1. The highest BCUT2D eigenvalue weighted by Crippen LogP contribution is 2.41. The van der Waals surface area contributed by atoms with Crippen LogP contribution < -0.4 is 10.4 Å². The van der Waals surface area contributed by atoms with E-state index < -0.39 is 24.5 Å². The Labute approximate surface area is 160 Å². The molecular weight excluding hydrogens is 367 g/mol. The minimum absolute atomic E-state index is 0.0604. The smallest absolute Gasteiger partial charge is 0.393 e. The van der Waals surface area contributed by atoms with Gasteiger partial charge in [-0.2, -0.15) is 13.2 Å². The number of hydrogen-bond acceptors (Lipinski definition) is 3. The molecule has 1 aliphatic carbocycles. The molecule has 0 spiro atoms. The highest BCUT2D eigenvalue weighted by Gasteiger charge is 2.30. The summed E-state index contributed by atoms with van der Waals surface area (Å²) < 4.78 is 37.7. The Balaban J connectivity index is 1.64. The van der Waals surface area contributed by atoms with Gasteiger partial charge in [0.05, 0.1) is 6.42 Å². The number of fused-ring (bicyclic) bond motifs is 2. The second-order valence-corrected chi connectivity index (χ2v) is 7.47. The average Bonchev–Trinajstić information content (AvgIpc) is 2.65. The third-order valence-corrected chi connectivity index (χ3v) is 5.51. The number of nitrogens with one attached hydrogen (secondary N) is 1. The van der Waals surface area contributed by atoms with Crippen LogP contribution in [0.4, 0.5) is 18.9 Å². The van der Waals surface area contributed by atoms with Gasteiger partial charge in [0.25, 0.3) is 0 Å². The number of alkyl halides is 3. The van der Waals surface area contributed by atoms with Gasteiger partial charge in [-0.15, -0.1) is 0 Å². The van der Waals surface area contributed by atoms with Crippen molar-refractivity contribution in [2.24, 2.45) is 5.92 Å². The van der Waals surface area contributed by atoms with E-state index >= 15 is 0 Å². The summed E-state index contributed by atoms with van der Waals surface area (Å²) in [5, 5.41) is 14.7. The Bertz CT molecular complexity index is 932. The summed E-state index contributed by atoms with van der Waals surface area (Å²) in [5.74, 6) is -1.48. The highest BCUT2D eigenvalue weighted by molar-refractivity contribution is 5.87. The summed E-state index contributed by atoms with van der Waals surface area (Å²) in [6.45, 7) is 0. The van der Waals surface area contributed by atoms with Crippen LogP contribution in [0.3, 0.4) is 0 Å². The normalized spacial score (nSPS) is 21.2. The monoisotopic (exact) mass is 386 g/mol. The molecule has 0 saturated heterocycles. The minimum Gasteiger partial charge on any atom is -0.550 e. The Hall–Kier alpha value is -2.76. The Morgan fingerprint density at radius 2 is 1.89 bits per heavy atom. The Kier molecular flexibility index (Phi) is 4.65. The highest BCUT2D eigenvalue weighted by atomic mass is 19.4. The SMILES string of the molecule is O=C([O-])C1CCC2=Cc3cccc(-c4ccc(CC(F)(F)F)cc4)c3NC2C1. The van der Waals surface area contributed by atoms with Crippen molar-refractivity contribution in [3.8, 4) is 11.1 Å². The van der Waals surface area contributed by atoms with Crippen LogP contribution in [0, 0.1) is 5.92 Å². The summed E-state index contributed by atoms with van der Waals surface area (Å²) in [6.07, 6.45) is -1.30. The molecular formula is C22H19F3NO2-. The van der Waals surface area contributed by atoms with E-state index in [-0.39, 0.29) is 11.6 Å². The van der Waals surface area contributed by atoms with Crippen molar-refractivity contribution in [2.45, 2.75) is 37.9 Å². The molecule has 1 aliphatic heterocycles. The number of benzene rings is 2. The van der Waals surface area contributed by atoms with Gasteiger partial charge in [-0.05, 0) is 41.5 Å². The summed E-state index contributed by atoms with van der Waals surface area (Å²) in [7, 11) is 0. The molecule has 0 bridgehead atoms. The van der Waals surface area contributed by atoms with E-state index in [1.54, 1.807) is 12.1 Å². The first-order chi connectivity index (χ1) is 13.3. The van der Waals surface area contributed by atoms with Gasteiger partial charge < -0.3 is 15.2 Å². The summed E-state index contributed by atoms with van der Waals surface area (Å²) in [4.78, 5) is 11.3. The second kappa shape index (κ2) is 7.00.